The van der Waals surface area contributed by atoms with Crippen LogP contribution in [0, 0.1) is 0 Å². The summed E-state index contributed by atoms with van der Waals surface area (Å²) in [4.78, 5) is 44.1. The molecule has 0 spiro atoms. The number of benzene rings is 6. The fraction of sp³-hybridized carbons (Fsp3) is 0.364. The van der Waals surface area contributed by atoms with Gasteiger partial charge in [0.1, 0.15) is 33.8 Å². The van der Waals surface area contributed by atoms with Gasteiger partial charge in [-0.15, -0.1) is 0 Å². The Bertz CT molecular complexity index is 5110. The zero-order chi connectivity index (χ0) is 69.1. The first-order valence-corrected chi connectivity index (χ1v) is 34.6. The Morgan fingerprint density at radius 3 is 0.854 bits per heavy atom. The third kappa shape index (κ3) is 12.1. The highest BCUT2D eigenvalue weighted by Crippen LogP contribution is 2.51. The van der Waals surface area contributed by atoms with Crippen molar-refractivity contribution >= 4 is 67.3 Å². The van der Waals surface area contributed by atoms with Crippen molar-refractivity contribution in [3.05, 3.63) is 189 Å². The average molecular weight is 1270 g/mol. The summed E-state index contributed by atoms with van der Waals surface area (Å²) in [7, 11) is 0. The van der Waals surface area contributed by atoms with Gasteiger partial charge in [-0.05, 0) is 159 Å². The number of H-pyrrole nitrogens is 2. The molecule has 490 valence electrons. The van der Waals surface area contributed by atoms with Crippen molar-refractivity contribution in [1.82, 2.24) is 39.9 Å². The summed E-state index contributed by atoms with van der Waals surface area (Å²) in [5.74, 6) is 0. The Morgan fingerprint density at radius 1 is 0.240 bits per heavy atom. The van der Waals surface area contributed by atoms with Gasteiger partial charge in [0.25, 0.3) is 0 Å². The number of nitrogens with one attached hydrogen (secondary N) is 2. The van der Waals surface area contributed by atoms with E-state index in [0.717, 1.165) is 111 Å². The third-order valence-corrected chi connectivity index (χ3v) is 19.7. The Kier molecular flexibility index (Phi) is 15.3. The van der Waals surface area contributed by atoms with Gasteiger partial charge in [0.2, 0.25) is 0 Å². The minimum atomic E-state index is -0.241. The molecule has 8 nitrogen and oxygen atoms in total. The minimum Gasteiger partial charge on any atom is -0.354 e. The molecule has 0 fully saturated rings. The number of aromatic amines is 2. The van der Waals surface area contributed by atoms with E-state index in [-0.39, 0.29) is 43.3 Å². The first-order valence-electron chi connectivity index (χ1n) is 34.6. The van der Waals surface area contributed by atoms with E-state index in [0.29, 0.717) is 22.6 Å². The molecule has 0 atom stereocenters. The fourth-order valence-electron chi connectivity index (χ4n) is 13.4. The number of fused-ring (bicyclic) bond motifs is 16. The molecule has 8 heteroatoms. The van der Waals surface area contributed by atoms with E-state index in [1.54, 1.807) is 0 Å². The van der Waals surface area contributed by atoms with E-state index in [2.05, 4.69) is 322 Å². The van der Waals surface area contributed by atoms with E-state index in [4.69, 9.17) is 29.9 Å². The van der Waals surface area contributed by atoms with Crippen LogP contribution in [0.4, 0.5) is 0 Å². The Labute approximate surface area is 570 Å². The second kappa shape index (κ2) is 22.3. The molecule has 2 aliphatic rings. The minimum absolute atomic E-state index is 0.169. The van der Waals surface area contributed by atoms with Crippen LogP contribution < -0.4 is 0 Å². The largest absolute Gasteiger partial charge is 0.354 e. The van der Waals surface area contributed by atoms with E-state index >= 15 is 0 Å². The Balaban J connectivity index is 1.39. The van der Waals surface area contributed by atoms with Gasteiger partial charge in [-0.3, -0.25) is 0 Å². The molecule has 2 aliphatic heterocycles. The van der Waals surface area contributed by atoms with Crippen molar-refractivity contribution in [3.8, 4) is 67.3 Å². The predicted molar refractivity (Wildman–Crippen MR) is 409 cm³/mol. The van der Waals surface area contributed by atoms with Crippen LogP contribution in [0.2, 0.25) is 0 Å². The molecule has 5 aromatic heterocycles. The van der Waals surface area contributed by atoms with Gasteiger partial charge in [0.05, 0.1) is 44.5 Å². The van der Waals surface area contributed by atoms with Crippen molar-refractivity contribution in [2.24, 2.45) is 0 Å². The van der Waals surface area contributed by atoms with Crippen LogP contribution >= 0.6 is 0 Å². The average Bonchev–Trinajstić information content (AvgIpc) is 1.55. The number of nitrogens with zero attached hydrogens (tertiary/aromatic N) is 6. The highest BCUT2D eigenvalue weighted by Gasteiger charge is 2.34. The van der Waals surface area contributed by atoms with Gasteiger partial charge in [0, 0.05) is 33.3 Å². The van der Waals surface area contributed by atoms with Crippen molar-refractivity contribution < 1.29 is 0 Å². The lowest BCUT2D eigenvalue weighted by molar-refractivity contribution is 0.568. The molecule has 0 saturated heterocycles. The monoisotopic (exact) mass is 1270 g/mol. The van der Waals surface area contributed by atoms with Crippen molar-refractivity contribution in [2.75, 3.05) is 0 Å². The zero-order valence-corrected chi connectivity index (χ0v) is 61.5. The number of hydrogen-bond acceptors (Lipinski definition) is 6. The van der Waals surface area contributed by atoms with Crippen molar-refractivity contribution in [2.45, 2.75) is 209 Å². The molecule has 0 unspecified atom stereocenters. The molecule has 2 N–H and O–H groups in total. The van der Waals surface area contributed by atoms with Crippen LogP contribution in [0.15, 0.2) is 133 Å². The number of hydrogen-bond donors (Lipinski definition) is 2. The third-order valence-electron chi connectivity index (χ3n) is 19.7. The van der Waals surface area contributed by atoms with Crippen LogP contribution in [0.5, 0.6) is 0 Å². The van der Waals surface area contributed by atoms with Gasteiger partial charge in [-0.25, -0.2) is 29.9 Å². The van der Waals surface area contributed by atoms with Crippen LogP contribution in [0.25, 0.3) is 135 Å². The van der Waals surface area contributed by atoms with Crippen LogP contribution in [0.3, 0.4) is 0 Å². The molecule has 0 radical (unpaired) electrons. The lowest BCUT2D eigenvalue weighted by Gasteiger charge is -2.26. The van der Waals surface area contributed by atoms with Gasteiger partial charge in [-0.2, -0.15) is 0 Å². The van der Waals surface area contributed by atoms with Gasteiger partial charge in [0.15, 0.2) is 0 Å². The predicted octanol–water partition coefficient (Wildman–Crippen LogP) is 23.9. The smallest absolute Gasteiger partial charge is 0.118 e. The van der Waals surface area contributed by atoms with Crippen LogP contribution in [-0.4, -0.2) is 39.9 Å². The molecule has 0 aliphatic carbocycles. The second-order valence-electron chi connectivity index (χ2n) is 35.7. The van der Waals surface area contributed by atoms with Gasteiger partial charge in [-0.1, -0.05) is 263 Å². The summed E-state index contributed by atoms with van der Waals surface area (Å²) in [5, 5.41) is 0. The van der Waals surface area contributed by atoms with Crippen molar-refractivity contribution in [1.29, 1.82) is 0 Å². The van der Waals surface area contributed by atoms with Crippen molar-refractivity contribution in [3.63, 3.8) is 0 Å². The molecule has 8 bridgehead atoms. The normalized spacial score (nSPS) is 13.6. The molecular weight excluding hydrogens is 1170 g/mol. The van der Waals surface area contributed by atoms with E-state index in [1.165, 1.54) is 44.5 Å². The van der Waals surface area contributed by atoms with Crippen LogP contribution in [-0.2, 0) is 43.3 Å². The van der Waals surface area contributed by atoms with Gasteiger partial charge >= 0.3 is 0 Å². The maximum atomic E-state index is 6.27. The summed E-state index contributed by atoms with van der Waals surface area (Å²) < 4.78 is 0. The second-order valence-corrected chi connectivity index (χ2v) is 35.7. The zero-order valence-electron chi connectivity index (χ0n) is 61.5. The molecule has 0 amide bonds. The van der Waals surface area contributed by atoms with E-state index in [9.17, 15) is 0 Å². The molecule has 13 rings (SSSR count). The molecule has 6 aromatic carbocycles. The summed E-state index contributed by atoms with van der Waals surface area (Å²) in [5.41, 5.74) is 28.4. The topological polar surface area (TPSA) is 109 Å². The Morgan fingerprint density at radius 2 is 0.510 bits per heavy atom. The lowest BCUT2D eigenvalue weighted by atomic mass is 9.78. The highest BCUT2D eigenvalue weighted by molar-refractivity contribution is 6.16. The number of rotatable bonds is 4. The standard InChI is InChI=1S/C88H98N8/c1-81(2,3)53-37-49(38-54(45-53)82(4,5)6)69-65-33-35-67(89-65)70(50-39-55(83(7,8)9)46-56(40-50)84(10,11)12)73-77-79(93-63-31-27-25-29-61(63)91-77)75(95-73)72(52-43-59(87(19,20)21)48-60(44-52)88(22,23)24)76-80-78(92-62-30-26-28-32-64(62)94-80)74(96-76)71(68-36-34-66(69)90-68)51-41-57(85(13,14)15)47-58(42-51)86(16,17)18/h25-48,89,96H,1-24H3. The van der Waals surface area contributed by atoms with E-state index in [1.807, 2.05) is 0 Å². The summed E-state index contributed by atoms with van der Waals surface area (Å²) in [6.07, 6.45) is 4.48. The lowest BCUT2D eigenvalue weighted by Crippen LogP contribution is -2.16. The molecule has 7 heterocycles. The maximum Gasteiger partial charge on any atom is 0.118 e. The molecule has 0 saturated carbocycles. The van der Waals surface area contributed by atoms with E-state index < -0.39 is 0 Å². The molecule has 11 aromatic rings. The molecular formula is C88H98N8. The highest BCUT2D eigenvalue weighted by atomic mass is 14.9. The quantitative estimate of drug-likeness (QED) is 0.182. The Hall–Kier alpha value is -8.88. The van der Waals surface area contributed by atoms with Crippen LogP contribution in [0.1, 0.15) is 222 Å². The SMILES string of the molecule is CC(C)(C)c1cc(-c2c3nc(c(-c4cc(C(C)(C)C)cc(C(C)(C)C)c4)c4[nH]c(c(-c5cc(C(C)(C)C)cc(C(C)(C)C)c5)c5nc(c(-c6cc(C(C)(C)C)cc(C(C)(C)C)c6)c6ccc2[nH]6)-c2nc6ccccc6nc2-5)c2nc5ccccc5nc42)C=C3)cc(C(C)(C)C)c1. The summed E-state index contributed by atoms with van der Waals surface area (Å²) in [6.45, 7) is 55.5. The number of aromatic nitrogens is 8. The fourth-order valence-corrected chi connectivity index (χ4v) is 13.4. The van der Waals surface area contributed by atoms with Gasteiger partial charge < -0.3 is 9.97 Å². The molecule has 96 heavy (non-hydrogen) atoms. The number of para-hydroxylation sites is 4. The first-order chi connectivity index (χ1) is 44.6. The maximum absolute atomic E-state index is 6.27. The first kappa shape index (κ1) is 65.8. The summed E-state index contributed by atoms with van der Waals surface area (Å²) >= 11 is 0. The summed E-state index contributed by atoms with van der Waals surface area (Å²) in [6, 6.07) is 49.9.